The van der Waals surface area contributed by atoms with Gasteiger partial charge in [0.05, 0.1) is 10.6 Å². The first-order valence-electron chi connectivity index (χ1n) is 9.62. The third-order valence-corrected chi connectivity index (χ3v) is 6.31. The number of amides is 1. The van der Waals surface area contributed by atoms with E-state index in [0.717, 1.165) is 9.87 Å². The molecule has 3 rings (SSSR count). The molecule has 0 aromatic heterocycles. The number of anilines is 1. The highest BCUT2D eigenvalue weighted by Crippen LogP contribution is 2.31. The summed E-state index contributed by atoms with van der Waals surface area (Å²) in [7, 11) is -4.09. The van der Waals surface area contributed by atoms with E-state index in [2.05, 4.69) is 0 Å². The average molecular weight is 424 g/mol. The zero-order valence-electron chi connectivity index (χ0n) is 17.3. The van der Waals surface area contributed by atoms with Crippen molar-refractivity contribution in [1.82, 2.24) is 0 Å². The lowest BCUT2D eigenvalue weighted by molar-refractivity contribution is -0.119. The Kier molecular flexibility index (Phi) is 6.27. The van der Waals surface area contributed by atoms with Crippen molar-refractivity contribution >= 4 is 21.6 Å². The summed E-state index contributed by atoms with van der Waals surface area (Å²) in [5.74, 6) is -0.114. The summed E-state index contributed by atoms with van der Waals surface area (Å²) in [6.45, 7) is 5.74. The maximum absolute atomic E-state index is 13.3. The van der Waals surface area contributed by atoms with Crippen LogP contribution in [0.5, 0.6) is 5.75 Å². The molecule has 0 radical (unpaired) electrons. The number of carbonyl (C=O) groups excluding carboxylic acids is 1. The molecule has 0 aliphatic heterocycles. The Morgan fingerprint density at radius 3 is 1.97 bits per heavy atom. The minimum absolute atomic E-state index is 0.0392. The number of hydrogen-bond acceptors (Lipinski definition) is 4. The molecule has 1 amide bonds. The van der Waals surface area contributed by atoms with E-state index in [1.54, 1.807) is 54.6 Å². The lowest BCUT2D eigenvalue weighted by Crippen LogP contribution is -2.40. The second-order valence-corrected chi connectivity index (χ2v) is 9.63. The Hall–Kier alpha value is -3.12. The summed E-state index contributed by atoms with van der Waals surface area (Å²) in [5, 5.41) is 0. The predicted octanol–water partition coefficient (Wildman–Crippen LogP) is 4.79. The second-order valence-electron chi connectivity index (χ2n) is 7.85. The number of ether oxygens (including phenoxy) is 1. The monoisotopic (exact) mass is 423 g/mol. The van der Waals surface area contributed by atoms with Gasteiger partial charge in [0.1, 0.15) is 5.75 Å². The summed E-state index contributed by atoms with van der Waals surface area (Å²) < 4.78 is 33.1. The van der Waals surface area contributed by atoms with E-state index in [0.29, 0.717) is 5.75 Å². The minimum Gasteiger partial charge on any atom is -0.483 e. The predicted molar refractivity (Wildman–Crippen MR) is 118 cm³/mol. The first-order chi connectivity index (χ1) is 14.2. The molecule has 3 aromatic carbocycles. The smallest absolute Gasteiger partial charge is 0.278 e. The summed E-state index contributed by atoms with van der Waals surface area (Å²) in [5.41, 5.74) is 1.02. The van der Waals surface area contributed by atoms with E-state index in [1.165, 1.54) is 12.1 Å². The number of carbonyl (C=O) groups is 1. The van der Waals surface area contributed by atoms with Crippen molar-refractivity contribution in [3.63, 3.8) is 0 Å². The molecule has 0 unspecified atom stereocenters. The van der Waals surface area contributed by atoms with Crippen molar-refractivity contribution in [3.8, 4) is 5.75 Å². The SMILES string of the molecule is CC(C)(C)c1ccccc1OCC(=O)N(c1ccccc1)S(=O)(=O)c1ccccc1. The van der Waals surface area contributed by atoms with Gasteiger partial charge in [0.2, 0.25) is 0 Å². The van der Waals surface area contributed by atoms with Crippen LogP contribution in [0.15, 0.2) is 89.8 Å². The van der Waals surface area contributed by atoms with Gasteiger partial charge < -0.3 is 4.74 Å². The number of hydrogen-bond donors (Lipinski definition) is 0. The van der Waals surface area contributed by atoms with E-state index < -0.39 is 22.5 Å². The van der Waals surface area contributed by atoms with Gasteiger partial charge in [0.25, 0.3) is 15.9 Å². The minimum atomic E-state index is -4.09. The standard InChI is InChI=1S/C24H25NO4S/c1-24(2,3)21-16-10-11-17-22(21)29-18-23(26)25(19-12-6-4-7-13-19)30(27,28)20-14-8-5-9-15-20/h4-17H,18H2,1-3H3. The van der Waals surface area contributed by atoms with Gasteiger partial charge in [-0.15, -0.1) is 0 Å². The summed E-state index contributed by atoms with van der Waals surface area (Å²) in [6, 6.07) is 23.7. The molecule has 0 spiro atoms. The van der Waals surface area contributed by atoms with Crippen LogP contribution in [0.1, 0.15) is 26.3 Å². The van der Waals surface area contributed by atoms with Crippen LogP contribution in [-0.2, 0) is 20.2 Å². The quantitative estimate of drug-likeness (QED) is 0.572. The van der Waals surface area contributed by atoms with E-state index in [-0.39, 0.29) is 16.0 Å². The molecule has 0 heterocycles. The first kappa shape index (κ1) is 21.6. The summed E-state index contributed by atoms with van der Waals surface area (Å²) >= 11 is 0. The Bertz CT molecular complexity index is 1100. The van der Waals surface area contributed by atoms with Crippen molar-refractivity contribution in [3.05, 3.63) is 90.5 Å². The van der Waals surface area contributed by atoms with Crippen LogP contribution in [0.3, 0.4) is 0 Å². The summed E-state index contributed by atoms with van der Waals surface area (Å²) in [6.07, 6.45) is 0. The van der Waals surface area contributed by atoms with Crippen molar-refractivity contribution in [2.45, 2.75) is 31.1 Å². The fourth-order valence-corrected chi connectivity index (χ4v) is 4.52. The number of rotatable bonds is 6. The van der Waals surface area contributed by atoms with Crippen LogP contribution in [0, 0.1) is 0 Å². The lowest BCUT2D eigenvalue weighted by atomic mass is 9.86. The molecule has 30 heavy (non-hydrogen) atoms. The second kappa shape index (κ2) is 8.71. The fourth-order valence-electron chi connectivity index (χ4n) is 3.09. The van der Waals surface area contributed by atoms with Gasteiger partial charge in [-0.25, -0.2) is 8.42 Å². The third kappa shape index (κ3) is 4.71. The fraction of sp³-hybridized carbons (Fsp3) is 0.208. The molecule has 0 saturated carbocycles. The van der Waals surface area contributed by atoms with Gasteiger partial charge >= 0.3 is 0 Å². The highest BCUT2D eigenvalue weighted by atomic mass is 32.2. The van der Waals surface area contributed by atoms with Crippen molar-refractivity contribution in [2.75, 3.05) is 10.9 Å². The molecular formula is C24H25NO4S. The summed E-state index contributed by atoms with van der Waals surface area (Å²) in [4.78, 5) is 13.2. The van der Waals surface area contributed by atoms with Crippen molar-refractivity contribution < 1.29 is 17.9 Å². The Morgan fingerprint density at radius 1 is 0.833 bits per heavy atom. The third-order valence-electron chi connectivity index (χ3n) is 4.54. The van der Waals surface area contributed by atoms with Gasteiger partial charge in [-0.2, -0.15) is 4.31 Å². The van der Waals surface area contributed by atoms with E-state index in [9.17, 15) is 13.2 Å². The molecule has 0 aliphatic rings. The van der Waals surface area contributed by atoms with Gasteiger partial charge in [0, 0.05) is 0 Å². The van der Waals surface area contributed by atoms with Gasteiger partial charge in [-0.3, -0.25) is 4.79 Å². The molecule has 3 aromatic rings. The molecular weight excluding hydrogens is 398 g/mol. The maximum atomic E-state index is 13.3. The topological polar surface area (TPSA) is 63.7 Å². The van der Waals surface area contributed by atoms with Crippen LogP contribution in [-0.4, -0.2) is 20.9 Å². The average Bonchev–Trinajstić information content (AvgIpc) is 2.73. The molecule has 6 heteroatoms. The van der Waals surface area contributed by atoms with Crippen LogP contribution in [0.25, 0.3) is 0 Å². The van der Waals surface area contributed by atoms with Crippen molar-refractivity contribution in [1.29, 1.82) is 0 Å². The lowest BCUT2D eigenvalue weighted by Gasteiger charge is -2.25. The van der Waals surface area contributed by atoms with E-state index in [4.69, 9.17) is 4.74 Å². The van der Waals surface area contributed by atoms with Gasteiger partial charge in [-0.05, 0) is 41.3 Å². The van der Waals surface area contributed by atoms with Crippen LogP contribution >= 0.6 is 0 Å². The largest absolute Gasteiger partial charge is 0.483 e. The van der Waals surface area contributed by atoms with Crippen molar-refractivity contribution in [2.24, 2.45) is 0 Å². The number of benzene rings is 3. The van der Waals surface area contributed by atoms with Gasteiger partial charge in [0.15, 0.2) is 6.61 Å². The molecule has 0 saturated heterocycles. The Labute approximate surface area is 178 Å². The van der Waals surface area contributed by atoms with Crippen LogP contribution < -0.4 is 9.04 Å². The zero-order chi connectivity index (χ0) is 21.8. The Balaban J connectivity index is 1.94. The molecule has 5 nitrogen and oxygen atoms in total. The van der Waals surface area contributed by atoms with E-state index >= 15 is 0 Å². The maximum Gasteiger partial charge on any atom is 0.278 e. The number of nitrogens with zero attached hydrogens (tertiary/aromatic N) is 1. The molecule has 156 valence electrons. The zero-order valence-corrected chi connectivity index (χ0v) is 18.1. The van der Waals surface area contributed by atoms with E-state index in [1.807, 2.05) is 39.0 Å². The molecule has 0 atom stereocenters. The number of para-hydroxylation sites is 2. The van der Waals surface area contributed by atoms with Gasteiger partial charge in [-0.1, -0.05) is 75.4 Å². The highest BCUT2D eigenvalue weighted by molar-refractivity contribution is 7.93. The molecule has 0 fully saturated rings. The highest BCUT2D eigenvalue weighted by Gasteiger charge is 2.31. The molecule has 0 bridgehead atoms. The molecule has 0 aliphatic carbocycles. The normalized spacial score (nSPS) is 11.7. The number of sulfonamides is 1. The van der Waals surface area contributed by atoms with Crippen LogP contribution in [0.2, 0.25) is 0 Å². The molecule has 0 N–H and O–H groups in total. The first-order valence-corrected chi connectivity index (χ1v) is 11.1. The van der Waals surface area contributed by atoms with Crippen LogP contribution in [0.4, 0.5) is 5.69 Å². The Morgan fingerprint density at radius 2 is 1.37 bits per heavy atom.